The number of benzene rings is 1. The number of hydrogen-bond donors (Lipinski definition) is 2. The third-order valence-corrected chi connectivity index (χ3v) is 3.16. The maximum atomic E-state index is 13.4. The number of urea groups is 1. The maximum absolute atomic E-state index is 13.4. The van der Waals surface area contributed by atoms with E-state index in [1.807, 2.05) is 0 Å². The van der Waals surface area contributed by atoms with E-state index in [-0.39, 0.29) is 5.69 Å². The smallest absolute Gasteiger partial charge is 0.319 e. The average molecular weight is 299 g/mol. The Kier molecular flexibility index (Phi) is 6.55. The highest BCUT2D eigenvalue weighted by atomic mass is 19.1. The largest absolute Gasteiger partial charge is 0.337 e. The monoisotopic (exact) mass is 299 g/mol. The van der Waals surface area contributed by atoms with E-state index in [2.05, 4.69) is 43.2 Å². The van der Waals surface area contributed by atoms with Gasteiger partial charge in [-0.15, -0.1) is 0 Å². The quantitative estimate of drug-likeness (QED) is 0.847. The van der Waals surface area contributed by atoms with Gasteiger partial charge in [0.1, 0.15) is 11.6 Å². The number of nitrogens with zero attached hydrogens (tertiary/aromatic N) is 1. The molecule has 0 saturated carbocycles. The molecule has 2 N–H and O–H groups in total. The van der Waals surface area contributed by atoms with Gasteiger partial charge in [-0.3, -0.25) is 4.90 Å². The molecule has 0 bridgehead atoms. The highest BCUT2D eigenvalue weighted by molar-refractivity contribution is 5.89. The van der Waals surface area contributed by atoms with Gasteiger partial charge >= 0.3 is 6.03 Å². The molecule has 0 fully saturated rings. The molecule has 0 radical (unpaired) electrons. The summed E-state index contributed by atoms with van der Waals surface area (Å²) in [5.41, 5.74) is -0.169. The molecule has 6 heteroatoms. The van der Waals surface area contributed by atoms with Crippen molar-refractivity contribution >= 4 is 11.7 Å². The predicted molar refractivity (Wildman–Crippen MR) is 80.4 cm³/mol. The Labute approximate surface area is 124 Å². The van der Waals surface area contributed by atoms with Crippen LogP contribution in [-0.4, -0.2) is 36.1 Å². The van der Waals surface area contributed by atoms with E-state index in [9.17, 15) is 13.6 Å². The van der Waals surface area contributed by atoms with E-state index < -0.39 is 17.7 Å². The minimum absolute atomic E-state index is 0.169. The number of amides is 2. The van der Waals surface area contributed by atoms with Crippen LogP contribution in [-0.2, 0) is 0 Å². The van der Waals surface area contributed by atoms with Gasteiger partial charge in [-0.2, -0.15) is 0 Å². The van der Waals surface area contributed by atoms with Crippen molar-refractivity contribution in [2.75, 3.05) is 18.4 Å². The molecular formula is C15H23F2N3O. The third-order valence-electron chi connectivity index (χ3n) is 3.16. The molecule has 0 spiro atoms. The second-order valence-electron chi connectivity index (χ2n) is 5.43. The summed E-state index contributed by atoms with van der Waals surface area (Å²) < 4.78 is 26.4. The Hall–Kier alpha value is -1.69. The summed E-state index contributed by atoms with van der Waals surface area (Å²) >= 11 is 0. The molecule has 0 aromatic heterocycles. The number of carbonyl (C=O) groups excluding carboxylic acids is 1. The molecule has 1 aromatic rings. The van der Waals surface area contributed by atoms with Crippen molar-refractivity contribution in [1.82, 2.24) is 10.2 Å². The lowest BCUT2D eigenvalue weighted by Gasteiger charge is -2.30. The first-order valence-corrected chi connectivity index (χ1v) is 7.07. The summed E-state index contributed by atoms with van der Waals surface area (Å²) in [5.74, 6) is -1.27. The topological polar surface area (TPSA) is 44.4 Å². The van der Waals surface area contributed by atoms with Crippen LogP contribution in [0.1, 0.15) is 27.7 Å². The molecular weight excluding hydrogens is 276 g/mol. The van der Waals surface area contributed by atoms with Gasteiger partial charge in [-0.25, -0.2) is 13.6 Å². The lowest BCUT2D eigenvalue weighted by molar-refractivity contribution is 0.176. The second kappa shape index (κ2) is 7.93. The summed E-state index contributed by atoms with van der Waals surface area (Å²) in [5, 5.41) is 4.94. The summed E-state index contributed by atoms with van der Waals surface area (Å²) in [6, 6.07) is 3.12. The van der Waals surface area contributed by atoms with Gasteiger partial charge in [-0.1, -0.05) is 0 Å². The second-order valence-corrected chi connectivity index (χ2v) is 5.43. The fourth-order valence-corrected chi connectivity index (χ4v) is 2.17. The predicted octanol–water partition coefficient (Wildman–Crippen LogP) is 3.21. The number of carbonyl (C=O) groups is 1. The molecule has 1 rings (SSSR count). The molecule has 0 aliphatic carbocycles. The first-order chi connectivity index (χ1) is 9.81. The zero-order valence-electron chi connectivity index (χ0n) is 12.9. The summed E-state index contributed by atoms with van der Waals surface area (Å²) in [4.78, 5) is 13.9. The van der Waals surface area contributed by atoms with Crippen LogP contribution in [0.25, 0.3) is 0 Å². The van der Waals surface area contributed by atoms with Gasteiger partial charge in [0.2, 0.25) is 0 Å². The van der Waals surface area contributed by atoms with Gasteiger partial charge in [0, 0.05) is 31.2 Å². The fourth-order valence-electron chi connectivity index (χ4n) is 2.17. The summed E-state index contributed by atoms with van der Waals surface area (Å²) in [7, 11) is 0. The lowest BCUT2D eigenvalue weighted by Crippen LogP contribution is -2.43. The van der Waals surface area contributed by atoms with Crippen molar-refractivity contribution in [2.45, 2.75) is 39.8 Å². The lowest BCUT2D eigenvalue weighted by atomic mass is 10.2. The summed E-state index contributed by atoms with van der Waals surface area (Å²) in [6.07, 6.45) is 0. The third kappa shape index (κ3) is 5.67. The first kappa shape index (κ1) is 17.4. The van der Waals surface area contributed by atoms with Crippen LogP contribution >= 0.6 is 0 Å². The van der Waals surface area contributed by atoms with Crippen molar-refractivity contribution < 1.29 is 13.6 Å². The Balaban J connectivity index is 2.46. The number of hydrogen-bond acceptors (Lipinski definition) is 2. The van der Waals surface area contributed by atoms with Crippen LogP contribution in [0, 0.1) is 11.6 Å². The zero-order chi connectivity index (χ0) is 16.0. The van der Waals surface area contributed by atoms with E-state index in [4.69, 9.17) is 0 Å². The molecule has 4 nitrogen and oxygen atoms in total. The normalized spacial score (nSPS) is 11.3. The van der Waals surface area contributed by atoms with Crippen LogP contribution in [0.3, 0.4) is 0 Å². The molecule has 2 amide bonds. The first-order valence-electron chi connectivity index (χ1n) is 7.07. The standard InChI is InChI=1S/C15H23F2N3O/c1-10(2)20(11(3)4)8-7-18-15(21)19-14-9-12(16)5-6-13(14)17/h5-6,9-11H,7-8H2,1-4H3,(H2,18,19,21). The van der Waals surface area contributed by atoms with Crippen LogP contribution < -0.4 is 10.6 Å². The Morgan fingerprint density at radius 3 is 2.38 bits per heavy atom. The van der Waals surface area contributed by atoms with Crippen LogP contribution in [0.15, 0.2) is 18.2 Å². The number of anilines is 1. The number of nitrogens with one attached hydrogen (secondary N) is 2. The maximum Gasteiger partial charge on any atom is 0.319 e. The van der Waals surface area contributed by atoms with Crippen LogP contribution in [0.2, 0.25) is 0 Å². The molecule has 0 heterocycles. The van der Waals surface area contributed by atoms with E-state index in [0.29, 0.717) is 25.2 Å². The molecule has 0 saturated heterocycles. The molecule has 21 heavy (non-hydrogen) atoms. The van der Waals surface area contributed by atoms with Crippen molar-refractivity contribution in [3.8, 4) is 0 Å². The van der Waals surface area contributed by atoms with Gasteiger partial charge in [0.15, 0.2) is 0 Å². The Bertz CT molecular complexity index is 470. The highest BCUT2D eigenvalue weighted by Gasteiger charge is 2.13. The Morgan fingerprint density at radius 1 is 1.19 bits per heavy atom. The van der Waals surface area contributed by atoms with E-state index in [1.165, 1.54) is 0 Å². The zero-order valence-corrected chi connectivity index (χ0v) is 12.9. The molecule has 0 unspecified atom stereocenters. The fraction of sp³-hybridized carbons (Fsp3) is 0.533. The van der Waals surface area contributed by atoms with Crippen LogP contribution in [0.4, 0.5) is 19.3 Å². The highest BCUT2D eigenvalue weighted by Crippen LogP contribution is 2.14. The van der Waals surface area contributed by atoms with Crippen LogP contribution in [0.5, 0.6) is 0 Å². The average Bonchev–Trinajstić information content (AvgIpc) is 2.38. The van der Waals surface area contributed by atoms with Crippen molar-refractivity contribution in [2.24, 2.45) is 0 Å². The van der Waals surface area contributed by atoms with Gasteiger partial charge in [-0.05, 0) is 39.8 Å². The van der Waals surface area contributed by atoms with Gasteiger partial charge < -0.3 is 10.6 Å². The minimum Gasteiger partial charge on any atom is -0.337 e. The van der Waals surface area contributed by atoms with Crippen molar-refractivity contribution in [1.29, 1.82) is 0 Å². The molecule has 118 valence electrons. The molecule has 0 aliphatic heterocycles. The minimum atomic E-state index is -0.669. The van der Waals surface area contributed by atoms with Gasteiger partial charge in [0.05, 0.1) is 5.69 Å². The molecule has 1 aromatic carbocycles. The molecule has 0 atom stereocenters. The Morgan fingerprint density at radius 2 is 1.81 bits per heavy atom. The number of rotatable bonds is 6. The molecule has 0 aliphatic rings. The number of halogens is 2. The van der Waals surface area contributed by atoms with Crippen molar-refractivity contribution in [3.05, 3.63) is 29.8 Å². The SMILES string of the molecule is CC(C)N(CCNC(=O)Nc1cc(F)ccc1F)C(C)C. The van der Waals surface area contributed by atoms with E-state index in [1.54, 1.807) is 0 Å². The van der Waals surface area contributed by atoms with E-state index in [0.717, 1.165) is 18.2 Å². The van der Waals surface area contributed by atoms with Gasteiger partial charge in [0.25, 0.3) is 0 Å². The van der Waals surface area contributed by atoms with E-state index >= 15 is 0 Å². The van der Waals surface area contributed by atoms with Crippen molar-refractivity contribution in [3.63, 3.8) is 0 Å². The summed E-state index contributed by atoms with van der Waals surface area (Å²) in [6.45, 7) is 9.46.